The van der Waals surface area contributed by atoms with E-state index in [1.165, 1.54) is 0 Å². The van der Waals surface area contributed by atoms with Gasteiger partial charge in [0.05, 0.1) is 10.9 Å². The van der Waals surface area contributed by atoms with Crippen LogP contribution in [0.4, 0.5) is 0 Å². The highest BCUT2D eigenvalue weighted by Crippen LogP contribution is 2.37. The molecule has 1 fully saturated rings. The molecular formula is C14H16N2O2. The van der Waals surface area contributed by atoms with E-state index in [0.717, 1.165) is 42.6 Å². The molecule has 1 aromatic heterocycles. The molecule has 0 amide bonds. The lowest BCUT2D eigenvalue weighted by molar-refractivity contribution is 0.288. The summed E-state index contributed by atoms with van der Waals surface area (Å²) in [7, 11) is 0. The molecule has 4 heteroatoms. The van der Waals surface area contributed by atoms with Gasteiger partial charge in [0.25, 0.3) is 5.56 Å². The molecule has 2 N–H and O–H groups in total. The van der Waals surface area contributed by atoms with Gasteiger partial charge in [-0.2, -0.15) is 0 Å². The van der Waals surface area contributed by atoms with Crippen molar-refractivity contribution in [3.05, 3.63) is 39.9 Å². The van der Waals surface area contributed by atoms with E-state index in [0.29, 0.717) is 11.3 Å². The molecule has 0 radical (unpaired) electrons. The summed E-state index contributed by atoms with van der Waals surface area (Å²) in [6.07, 6.45) is 3.76. The van der Waals surface area contributed by atoms with Crippen LogP contribution >= 0.6 is 0 Å². The predicted molar refractivity (Wildman–Crippen MR) is 69.7 cm³/mol. The van der Waals surface area contributed by atoms with Crippen LogP contribution in [0.2, 0.25) is 0 Å². The van der Waals surface area contributed by atoms with E-state index >= 15 is 0 Å². The molecule has 1 heterocycles. The number of nitrogens with zero attached hydrogens (tertiary/aromatic N) is 1. The van der Waals surface area contributed by atoms with E-state index in [1.54, 1.807) is 0 Å². The molecular weight excluding hydrogens is 228 g/mol. The SMILES string of the molecule is O=c1[nH]c(C2CC2)nc2ccc(CCCO)cc12. The molecule has 0 spiro atoms. The fourth-order valence-electron chi connectivity index (χ4n) is 2.19. The molecule has 3 rings (SSSR count). The second-order valence-electron chi connectivity index (χ2n) is 4.90. The fourth-order valence-corrected chi connectivity index (χ4v) is 2.19. The first-order valence-corrected chi connectivity index (χ1v) is 6.41. The van der Waals surface area contributed by atoms with Gasteiger partial charge in [0, 0.05) is 12.5 Å². The van der Waals surface area contributed by atoms with Gasteiger partial charge in [0.15, 0.2) is 0 Å². The zero-order valence-electron chi connectivity index (χ0n) is 10.1. The molecule has 0 atom stereocenters. The van der Waals surface area contributed by atoms with Crippen molar-refractivity contribution in [1.82, 2.24) is 9.97 Å². The second-order valence-corrected chi connectivity index (χ2v) is 4.90. The van der Waals surface area contributed by atoms with Crippen molar-refractivity contribution >= 4 is 10.9 Å². The number of hydrogen-bond donors (Lipinski definition) is 2. The molecule has 0 unspecified atom stereocenters. The van der Waals surface area contributed by atoms with Crippen LogP contribution in [0.5, 0.6) is 0 Å². The van der Waals surface area contributed by atoms with Gasteiger partial charge < -0.3 is 10.1 Å². The van der Waals surface area contributed by atoms with Crippen LogP contribution in [0.3, 0.4) is 0 Å². The highest BCUT2D eigenvalue weighted by atomic mass is 16.2. The lowest BCUT2D eigenvalue weighted by Crippen LogP contribution is -2.11. The fraction of sp³-hybridized carbons (Fsp3) is 0.429. The molecule has 2 aromatic rings. The monoisotopic (exact) mass is 244 g/mol. The summed E-state index contributed by atoms with van der Waals surface area (Å²) in [5, 5.41) is 9.47. The Morgan fingerprint density at radius 3 is 2.94 bits per heavy atom. The van der Waals surface area contributed by atoms with Crippen LogP contribution in [0.1, 0.15) is 36.6 Å². The molecule has 1 saturated carbocycles. The van der Waals surface area contributed by atoms with Gasteiger partial charge in [-0.1, -0.05) is 6.07 Å². The maximum atomic E-state index is 12.0. The highest BCUT2D eigenvalue weighted by molar-refractivity contribution is 5.78. The summed E-state index contributed by atoms with van der Waals surface area (Å²) in [6, 6.07) is 5.78. The van der Waals surface area contributed by atoms with Crippen molar-refractivity contribution in [2.75, 3.05) is 6.61 Å². The molecule has 18 heavy (non-hydrogen) atoms. The predicted octanol–water partition coefficient (Wildman–Crippen LogP) is 1.73. The van der Waals surface area contributed by atoms with E-state index in [-0.39, 0.29) is 12.2 Å². The van der Waals surface area contributed by atoms with Crippen LogP contribution in [-0.2, 0) is 6.42 Å². The van der Waals surface area contributed by atoms with Crippen LogP contribution in [-0.4, -0.2) is 21.7 Å². The highest BCUT2D eigenvalue weighted by Gasteiger charge is 2.26. The van der Waals surface area contributed by atoms with Gasteiger partial charge in [-0.15, -0.1) is 0 Å². The summed E-state index contributed by atoms with van der Waals surface area (Å²) < 4.78 is 0. The third-order valence-corrected chi connectivity index (χ3v) is 3.38. The zero-order valence-corrected chi connectivity index (χ0v) is 10.1. The van der Waals surface area contributed by atoms with Gasteiger partial charge in [0.1, 0.15) is 5.82 Å². The third-order valence-electron chi connectivity index (χ3n) is 3.38. The molecule has 4 nitrogen and oxygen atoms in total. The molecule has 1 aliphatic rings. The van der Waals surface area contributed by atoms with Crippen LogP contribution < -0.4 is 5.56 Å². The Hall–Kier alpha value is -1.68. The van der Waals surface area contributed by atoms with Gasteiger partial charge >= 0.3 is 0 Å². The maximum absolute atomic E-state index is 12.0. The van der Waals surface area contributed by atoms with Crippen LogP contribution in [0.15, 0.2) is 23.0 Å². The molecule has 1 aromatic carbocycles. The number of H-pyrrole nitrogens is 1. The number of benzene rings is 1. The summed E-state index contributed by atoms with van der Waals surface area (Å²) in [5.74, 6) is 1.28. The Morgan fingerprint density at radius 1 is 1.39 bits per heavy atom. The largest absolute Gasteiger partial charge is 0.396 e. The van der Waals surface area contributed by atoms with Gasteiger partial charge in [-0.05, 0) is 43.4 Å². The normalized spacial score (nSPS) is 15.2. The number of aromatic nitrogens is 2. The minimum absolute atomic E-state index is 0.0484. The first-order valence-electron chi connectivity index (χ1n) is 6.41. The van der Waals surface area contributed by atoms with E-state index in [1.807, 2.05) is 18.2 Å². The Kier molecular flexibility index (Phi) is 2.88. The maximum Gasteiger partial charge on any atom is 0.258 e. The number of aliphatic hydroxyl groups is 1. The standard InChI is InChI=1S/C14H16N2O2/c17-7-1-2-9-3-6-12-11(8-9)14(18)16-13(15-12)10-4-5-10/h3,6,8,10,17H,1-2,4-5,7H2,(H,15,16,18). The number of nitrogens with one attached hydrogen (secondary N) is 1. The molecule has 0 bridgehead atoms. The zero-order chi connectivity index (χ0) is 12.5. The average Bonchev–Trinajstić information content (AvgIpc) is 3.20. The lowest BCUT2D eigenvalue weighted by Gasteiger charge is -2.04. The summed E-state index contributed by atoms with van der Waals surface area (Å²) in [6.45, 7) is 0.174. The van der Waals surface area contributed by atoms with Crippen LogP contribution in [0, 0.1) is 0 Å². The van der Waals surface area contributed by atoms with E-state index < -0.39 is 0 Å². The van der Waals surface area contributed by atoms with Crippen molar-refractivity contribution in [3.8, 4) is 0 Å². The molecule has 0 saturated heterocycles. The number of hydrogen-bond acceptors (Lipinski definition) is 3. The number of fused-ring (bicyclic) bond motifs is 1. The van der Waals surface area contributed by atoms with Gasteiger partial charge in [-0.3, -0.25) is 4.79 Å². The number of aliphatic hydroxyl groups excluding tert-OH is 1. The number of rotatable bonds is 4. The smallest absolute Gasteiger partial charge is 0.258 e. The van der Waals surface area contributed by atoms with Crippen molar-refractivity contribution in [3.63, 3.8) is 0 Å². The number of aryl methyl sites for hydroxylation is 1. The van der Waals surface area contributed by atoms with Crippen LogP contribution in [0.25, 0.3) is 10.9 Å². The third kappa shape index (κ3) is 2.16. The van der Waals surface area contributed by atoms with Crippen molar-refractivity contribution < 1.29 is 5.11 Å². The van der Waals surface area contributed by atoms with E-state index in [9.17, 15) is 4.79 Å². The van der Waals surface area contributed by atoms with Gasteiger partial charge in [-0.25, -0.2) is 4.98 Å². The summed E-state index contributed by atoms with van der Waals surface area (Å²) in [4.78, 5) is 19.4. The average molecular weight is 244 g/mol. The quantitative estimate of drug-likeness (QED) is 0.860. The Morgan fingerprint density at radius 2 is 2.22 bits per heavy atom. The molecule has 0 aliphatic heterocycles. The number of aromatic amines is 1. The molecule has 1 aliphatic carbocycles. The minimum atomic E-state index is -0.0484. The minimum Gasteiger partial charge on any atom is -0.396 e. The lowest BCUT2D eigenvalue weighted by atomic mass is 10.1. The molecule has 94 valence electrons. The Balaban J connectivity index is 2.03. The second kappa shape index (κ2) is 4.53. The Labute approximate surface area is 105 Å². The topological polar surface area (TPSA) is 66.0 Å². The van der Waals surface area contributed by atoms with E-state index in [4.69, 9.17) is 5.11 Å². The summed E-state index contributed by atoms with van der Waals surface area (Å²) in [5.41, 5.74) is 1.80. The van der Waals surface area contributed by atoms with Crippen molar-refractivity contribution in [2.24, 2.45) is 0 Å². The summed E-state index contributed by atoms with van der Waals surface area (Å²) >= 11 is 0. The van der Waals surface area contributed by atoms with Crippen molar-refractivity contribution in [1.29, 1.82) is 0 Å². The van der Waals surface area contributed by atoms with Crippen molar-refractivity contribution in [2.45, 2.75) is 31.6 Å². The van der Waals surface area contributed by atoms with Gasteiger partial charge in [0.2, 0.25) is 0 Å². The first-order chi connectivity index (χ1) is 8.78. The first kappa shape index (κ1) is 11.4. The Bertz CT molecular complexity index is 629. The van der Waals surface area contributed by atoms with E-state index in [2.05, 4.69) is 9.97 Å².